The predicted molar refractivity (Wildman–Crippen MR) is 80.2 cm³/mol. The highest BCUT2D eigenvalue weighted by Crippen LogP contribution is 2.44. The molecule has 0 spiro atoms. The van der Waals surface area contributed by atoms with Crippen molar-refractivity contribution in [1.82, 2.24) is 10.2 Å². The first-order valence-corrected chi connectivity index (χ1v) is 8.44. The summed E-state index contributed by atoms with van der Waals surface area (Å²) in [5, 5.41) is 3.22. The van der Waals surface area contributed by atoms with Crippen molar-refractivity contribution in [2.45, 2.75) is 50.7 Å². The Kier molecular flexibility index (Phi) is 5.01. The average molecular weight is 296 g/mol. The molecule has 5 heteroatoms. The van der Waals surface area contributed by atoms with Gasteiger partial charge in [-0.3, -0.25) is 0 Å². The zero-order chi connectivity index (χ0) is 14.7. The number of carbonyl (C=O) groups excluding carboxylic acids is 1. The Morgan fingerprint density at radius 2 is 2.14 bits per heavy atom. The number of ether oxygens (including phenoxy) is 2. The van der Waals surface area contributed by atoms with E-state index >= 15 is 0 Å². The van der Waals surface area contributed by atoms with Crippen molar-refractivity contribution in [2.75, 3.05) is 33.4 Å². The number of hydrogen-bond acceptors (Lipinski definition) is 3. The van der Waals surface area contributed by atoms with Gasteiger partial charge in [0, 0.05) is 19.7 Å². The summed E-state index contributed by atoms with van der Waals surface area (Å²) in [7, 11) is 1.67. The molecule has 0 aromatic rings. The lowest BCUT2D eigenvalue weighted by Crippen LogP contribution is -2.51. The van der Waals surface area contributed by atoms with Crippen LogP contribution >= 0.6 is 0 Å². The van der Waals surface area contributed by atoms with Crippen LogP contribution < -0.4 is 5.32 Å². The Morgan fingerprint density at radius 1 is 1.33 bits per heavy atom. The van der Waals surface area contributed by atoms with Crippen molar-refractivity contribution in [1.29, 1.82) is 0 Å². The highest BCUT2D eigenvalue weighted by molar-refractivity contribution is 5.75. The SMILES string of the molecule is COC[C@@H]1CN(C(=O)N[C@H]2C[C@H]2C2CCCCC2)CCO1. The molecule has 0 aromatic heterocycles. The van der Waals surface area contributed by atoms with E-state index in [1.165, 1.54) is 38.5 Å². The first-order chi connectivity index (χ1) is 10.3. The number of nitrogens with one attached hydrogen (secondary N) is 1. The smallest absolute Gasteiger partial charge is 0.317 e. The minimum Gasteiger partial charge on any atom is -0.382 e. The third-order valence-corrected chi connectivity index (χ3v) is 5.18. The molecule has 3 atom stereocenters. The van der Waals surface area contributed by atoms with Crippen LogP contribution in [0.2, 0.25) is 0 Å². The van der Waals surface area contributed by atoms with Gasteiger partial charge in [0.2, 0.25) is 0 Å². The van der Waals surface area contributed by atoms with Gasteiger partial charge in [-0.25, -0.2) is 4.79 Å². The molecule has 1 aliphatic heterocycles. The molecule has 0 aromatic carbocycles. The van der Waals surface area contributed by atoms with Crippen LogP contribution in [0.25, 0.3) is 0 Å². The molecule has 0 radical (unpaired) electrons. The van der Waals surface area contributed by atoms with E-state index in [0.29, 0.717) is 32.3 Å². The minimum absolute atomic E-state index is 0.0165. The average Bonchev–Trinajstić information content (AvgIpc) is 3.28. The van der Waals surface area contributed by atoms with E-state index in [9.17, 15) is 4.79 Å². The first kappa shape index (κ1) is 15.1. The van der Waals surface area contributed by atoms with Crippen LogP contribution in [0, 0.1) is 11.8 Å². The van der Waals surface area contributed by atoms with Crippen LogP contribution in [-0.2, 0) is 9.47 Å². The Bertz CT molecular complexity index is 355. The number of urea groups is 1. The fourth-order valence-corrected chi connectivity index (χ4v) is 3.90. The van der Waals surface area contributed by atoms with E-state index in [4.69, 9.17) is 9.47 Å². The zero-order valence-corrected chi connectivity index (χ0v) is 13.1. The third kappa shape index (κ3) is 3.89. The minimum atomic E-state index is 0.0165. The molecule has 2 saturated carbocycles. The molecule has 120 valence electrons. The summed E-state index contributed by atoms with van der Waals surface area (Å²) in [6, 6.07) is 0.507. The van der Waals surface area contributed by atoms with Crippen molar-refractivity contribution in [3.63, 3.8) is 0 Å². The Hall–Kier alpha value is -0.810. The van der Waals surface area contributed by atoms with Crippen molar-refractivity contribution >= 4 is 6.03 Å². The Morgan fingerprint density at radius 3 is 2.90 bits per heavy atom. The van der Waals surface area contributed by atoms with Crippen molar-refractivity contribution in [3.8, 4) is 0 Å². The maximum absolute atomic E-state index is 12.3. The van der Waals surface area contributed by atoms with Gasteiger partial charge in [0.25, 0.3) is 0 Å². The largest absolute Gasteiger partial charge is 0.382 e. The second-order valence-corrected chi connectivity index (χ2v) is 6.75. The normalized spacial score (nSPS) is 33.8. The van der Waals surface area contributed by atoms with Gasteiger partial charge in [0.15, 0.2) is 0 Å². The first-order valence-electron chi connectivity index (χ1n) is 8.44. The fourth-order valence-electron chi connectivity index (χ4n) is 3.90. The molecule has 2 aliphatic carbocycles. The molecule has 1 N–H and O–H groups in total. The molecule has 2 amide bonds. The lowest BCUT2D eigenvalue weighted by molar-refractivity contribution is -0.0495. The number of morpholine rings is 1. The zero-order valence-electron chi connectivity index (χ0n) is 13.1. The van der Waals surface area contributed by atoms with Gasteiger partial charge >= 0.3 is 6.03 Å². The molecule has 0 bridgehead atoms. The molecule has 21 heavy (non-hydrogen) atoms. The number of methoxy groups -OCH3 is 1. The monoisotopic (exact) mass is 296 g/mol. The van der Waals surface area contributed by atoms with Gasteiger partial charge in [-0.15, -0.1) is 0 Å². The van der Waals surface area contributed by atoms with Gasteiger partial charge < -0.3 is 19.7 Å². The lowest BCUT2D eigenvalue weighted by Gasteiger charge is -2.32. The maximum Gasteiger partial charge on any atom is 0.317 e. The van der Waals surface area contributed by atoms with Gasteiger partial charge in [-0.2, -0.15) is 0 Å². The van der Waals surface area contributed by atoms with E-state index in [-0.39, 0.29) is 12.1 Å². The highest BCUT2D eigenvalue weighted by Gasteiger charge is 2.44. The summed E-state index contributed by atoms with van der Waals surface area (Å²) in [5.41, 5.74) is 0. The molecule has 0 unspecified atom stereocenters. The van der Waals surface area contributed by atoms with Crippen molar-refractivity contribution in [2.24, 2.45) is 11.8 Å². The van der Waals surface area contributed by atoms with Crippen LogP contribution in [0.15, 0.2) is 0 Å². The molecular weight excluding hydrogens is 268 g/mol. The lowest BCUT2D eigenvalue weighted by atomic mass is 9.85. The van der Waals surface area contributed by atoms with E-state index < -0.39 is 0 Å². The third-order valence-electron chi connectivity index (χ3n) is 5.18. The van der Waals surface area contributed by atoms with E-state index in [2.05, 4.69) is 5.32 Å². The van der Waals surface area contributed by atoms with Gasteiger partial charge in [0.05, 0.1) is 25.9 Å². The van der Waals surface area contributed by atoms with Crippen LogP contribution in [-0.4, -0.2) is 56.5 Å². The molecule has 3 fully saturated rings. The maximum atomic E-state index is 12.3. The topological polar surface area (TPSA) is 50.8 Å². The number of carbonyl (C=O) groups is 1. The number of amides is 2. The molecule has 1 saturated heterocycles. The summed E-state index contributed by atoms with van der Waals surface area (Å²) in [6.45, 7) is 2.49. The van der Waals surface area contributed by atoms with Crippen molar-refractivity contribution < 1.29 is 14.3 Å². The number of hydrogen-bond donors (Lipinski definition) is 1. The van der Waals surface area contributed by atoms with E-state index in [1.54, 1.807) is 7.11 Å². The Balaban J connectivity index is 1.42. The molecule has 5 nitrogen and oxygen atoms in total. The Labute approximate surface area is 127 Å². The van der Waals surface area contributed by atoms with Crippen LogP contribution in [0.4, 0.5) is 4.79 Å². The summed E-state index contributed by atoms with van der Waals surface area (Å²) >= 11 is 0. The van der Waals surface area contributed by atoms with Crippen molar-refractivity contribution in [3.05, 3.63) is 0 Å². The number of nitrogens with zero attached hydrogens (tertiary/aromatic N) is 1. The molecule has 1 heterocycles. The van der Waals surface area contributed by atoms with Crippen LogP contribution in [0.3, 0.4) is 0 Å². The van der Waals surface area contributed by atoms with Gasteiger partial charge in [-0.1, -0.05) is 32.1 Å². The van der Waals surface area contributed by atoms with Gasteiger partial charge in [0.1, 0.15) is 0 Å². The molecular formula is C16H28N2O3. The van der Waals surface area contributed by atoms with Crippen LogP contribution in [0.1, 0.15) is 38.5 Å². The predicted octanol–water partition coefficient (Wildman–Crippen LogP) is 2.01. The summed E-state index contributed by atoms with van der Waals surface area (Å²) < 4.78 is 10.7. The second kappa shape index (κ2) is 6.97. The summed E-state index contributed by atoms with van der Waals surface area (Å²) in [5.74, 6) is 1.60. The number of rotatable bonds is 4. The van der Waals surface area contributed by atoms with E-state index in [0.717, 1.165) is 11.8 Å². The quantitative estimate of drug-likeness (QED) is 0.863. The highest BCUT2D eigenvalue weighted by atomic mass is 16.5. The second-order valence-electron chi connectivity index (χ2n) is 6.75. The van der Waals surface area contributed by atoms with E-state index in [1.807, 2.05) is 4.90 Å². The summed E-state index contributed by atoms with van der Waals surface area (Å²) in [6.07, 6.45) is 8.09. The van der Waals surface area contributed by atoms with Crippen LogP contribution in [0.5, 0.6) is 0 Å². The fraction of sp³-hybridized carbons (Fsp3) is 0.938. The van der Waals surface area contributed by atoms with Gasteiger partial charge in [-0.05, 0) is 18.3 Å². The molecule has 3 rings (SSSR count). The standard InChI is InChI=1S/C16H28N2O3/c1-20-11-13-10-18(7-8-21-13)16(19)17-15-9-14(15)12-5-3-2-4-6-12/h12-15H,2-11H2,1H3,(H,17,19)/t13-,14-,15-/m0/s1. The summed E-state index contributed by atoms with van der Waals surface area (Å²) in [4.78, 5) is 14.2. The molecule has 3 aliphatic rings.